The first-order valence-electron chi connectivity index (χ1n) is 12.0. The van der Waals surface area contributed by atoms with Crippen molar-refractivity contribution in [2.75, 3.05) is 7.11 Å². The van der Waals surface area contributed by atoms with Crippen molar-refractivity contribution in [2.24, 2.45) is 0 Å². The molecule has 1 unspecified atom stereocenters. The molecule has 4 rings (SSSR count). The molecule has 38 heavy (non-hydrogen) atoms. The normalized spacial score (nSPS) is 13.8. The number of benzene rings is 2. The van der Waals surface area contributed by atoms with Crippen LogP contribution in [0.4, 0.5) is 13.2 Å². The molecule has 3 aromatic rings. The third kappa shape index (κ3) is 5.21. The maximum absolute atomic E-state index is 13.6. The lowest BCUT2D eigenvalue weighted by molar-refractivity contribution is -0.137. The van der Waals surface area contributed by atoms with E-state index in [2.05, 4.69) is 18.0 Å². The smallest absolute Gasteiger partial charge is 0.416 e. The third-order valence-corrected chi connectivity index (χ3v) is 6.72. The maximum atomic E-state index is 13.6. The topological polar surface area (TPSA) is 84.1 Å². The van der Waals surface area contributed by atoms with Crippen LogP contribution in [0.1, 0.15) is 80.2 Å². The monoisotopic (exact) mass is 521 g/mol. The van der Waals surface area contributed by atoms with Gasteiger partial charge in [-0.1, -0.05) is 30.8 Å². The number of carbonyl (C=O) groups excluding carboxylic acids is 2. The third-order valence-electron chi connectivity index (χ3n) is 6.72. The van der Waals surface area contributed by atoms with Crippen LogP contribution >= 0.6 is 0 Å². The van der Waals surface area contributed by atoms with Gasteiger partial charge in [0.15, 0.2) is 0 Å². The quantitative estimate of drug-likeness (QED) is 0.400. The fourth-order valence-electron chi connectivity index (χ4n) is 4.82. The van der Waals surface area contributed by atoms with Gasteiger partial charge in [-0.2, -0.15) is 18.4 Å². The molecular formula is C29H26F3N3O3. The minimum atomic E-state index is -4.50. The van der Waals surface area contributed by atoms with E-state index in [1.165, 1.54) is 13.2 Å². The van der Waals surface area contributed by atoms with Crippen molar-refractivity contribution in [1.29, 1.82) is 5.26 Å². The first kappa shape index (κ1) is 26.7. The Morgan fingerprint density at radius 1 is 1.18 bits per heavy atom. The molecule has 1 aliphatic carbocycles. The molecule has 9 heteroatoms. The highest BCUT2D eigenvalue weighted by Crippen LogP contribution is 2.37. The van der Waals surface area contributed by atoms with Crippen LogP contribution in [-0.2, 0) is 23.9 Å². The van der Waals surface area contributed by atoms with E-state index in [0.717, 1.165) is 35.4 Å². The first-order chi connectivity index (χ1) is 18.0. The minimum Gasteiger partial charge on any atom is -0.465 e. The number of ether oxygens (including phenoxy) is 1. The largest absolute Gasteiger partial charge is 0.465 e. The van der Waals surface area contributed by atoms with E-state index < -0.39 is 29.7 Å². The van der Waals surface area contributed by atoms with Gasteiger partial charge in [0.25, 0.3) is 5.91 Å². The number of nitriles is 1. The van der Waals surface area contributed by atoms with Gasteiger partial charge in [-0.3, -0.25) is 4.79 Å². The number of methoxy groups -OCH3 is 1. The number of rotatable bonds is 6. The standard InChI is InChI=1S/C29H26F3N3O3/c1-17-6-4-9-24-25(17)23(15-33)26(35(24)16-19-7-5-8-22(14-19)29(30,31)32)27(36)34-18(2)20-10-12-21(13-11-20)28(37)38-3/h5,7-8,10-14,18H,1,4,6,9,16H2,2-3H3,(H,34,36). The Balaban J connectivity index is 1.72. The number of allylic oxidation sites excluding steroid dienone is 1. The molecule has 1 atom stereocenters. The Morgan fingerprint density at radius 2 is 1.89 bits per heavy atom. The van der Waals surface area contributed by atoms with Gasteiger partial charge in [-0.15, -0.1) is 0 Å². The molecule has 1 heterocycles. The second-order valence-corrected chi connectivity index (χ2v) is 9.21. The zero-order valence-corrected chi connectivity index (χ0v) is 21.0. The number of carbonyl (C=O) groups is 2. The van der Waals surface area contributed by atoms with E-state index >= 15 is 0 Å². The van der Waals surface area contributed by atoms with Crippen LogP contribution in [0.3, 0.4) is 0 Å². The van der Waals surface area contributed by atoms with Gasteiger partial charge in [0.2, 0.25) is 0 Å². The number of nitrogens with one attached hydrogen (secondary N) is 1. The van der Waals surface area contributed by atoms with Crippen molar-refractivity contribution in [3.8, 4) is 6.07 Å². The molecule has 0 fully saturated rings. The Labute approximate surface area is 218 Å². The number of amides is 1. The first-order valence-corrected chi connectivity index (χ1v) is 12.0. The summed E-state index contributed by atoms with van der Waals surface area (Å²) in [5.74, 6) is -1.01. The molecule has 1 aliphatic rings. The van der Waals surface area contributed by atoms with Crippen molar-refractivity contribution >= 4 is 17.4 Å². The van der Waals surface area contributed by atoms with Gasteiger partial charge in [0, 0.05) is 17.8 Å². The molecule has 1 N–H and O–H groups in total. The van der Waals surface area contributed by atoms with E-state index in [1.807, 2.05) is 0 Å². The van der Waals surface area contributed by atoms with E-state index in [-0.39, 0.29) is 17.8 Å². The Bertz CT molecular complexity index is 1450. The predicted octanol–water partition coefficient (Wildman–Crippen LogP) is 6.05. The van der Waals surface area contributed by atoms with Gasteiger partial charge >= 0.3 is 12.1 Å². The highest BCUT2D eigenvalue weighted by Gasteiger charge is 2.33. The number of fused-ring (bicyclic) bond motifs is 1. The lowest BCUT2D eigenvalue weighted by atomic mass is 9.90. The zero-order valence-electron chi connectivity index (χ0n) is 21.0. The molecule has 0 spiro atoms. The summed E-state index contributed by atoms with van der Waals surface area (Å²) in [4.78, 5) is 25.3. The van der Waals surface area contributed by atoms with Gasteiger partial charge in [0.05, 0.1) is 29.8 Å². The summed E-state index contributed by atoms with van der Waals surface area (Å²) < 4.78 is 46.4. The van der Waals surface area contributed by atoms with Crippen molar-refractivity contribution in [1.82, 2.24) is 9.88 Å². The van der Waals surface area contributed by atoms with Crippen molar-refractivity contribution in [3.63, 3.8) is 0 Å². The second kappa shape index (κ2) is 10.6. The Kier molecular flexibility index (Phi) is 7.44. The van der Waals surface area contributed by atoms with Crippen molar-refractivity contribution < 1.29 is 27.5 Å². The molecule has 6 nitrogen and oxygen atoms in total. The highest BCUT2D eigenvalue weighted by molar-refractivity contribution is 5.98. The molecule has 2 aromatic carbocycles. The van der Waals surface area contributed by atoms with Crippen molar-refractivity contribution in [3.05, 3.63) is 99.9 Å². The van der Waals surface area contributed by atoms with Crippen LogP contribution in [0.2, 0.25) is 0 Å². The molecule has 0 bridgehead atoms. The van der Waals surface area contributed by atoms with Crippen LogP contribution in [0.5, 0.6) is 0 Å². The molecule has 0 saturated heterocycles. The van der Waals surface area contributed by atoms with Gasteiger partial charge in [0.1, 0.15) is 11.8 Å². The summed E-state index contributed by atoms with van der Waals surface area (Å²) in [6, 6.07) is 13.2. The average Bonchev–Trinajstić information content (AvgIpc) is 3.22. The van der Waals surface area contributed by atoms with E-state index in [1.54, 1.807) is 41.8 Å². The van der Waals surface area contributed by atoms with Gasteiger partial charge in [-0.05, 0) is 67.2 Å². The maximum Gasteiger partial charge on any atom is 0.416 e. The number of halogens is 3. The predicted molar refractivity (Wildman–Crippen MR) is 135 cm³/mol. The average molecular weight is 522 g/mol. The molecule has 0 radical (unpaired) electrons. The SMILES string of the molecule is C=C1CCCc2c1c(C#N)c(C(=O)NC(C)c1ccc(C(=O)OC)cc1)n2Cc1cccc(C(F)(F)F)c1. The van der Waals surface area contributed by atoms with Gasteiger partial charge < -0.3 is 14.6 Å². The summed E-state index contributed by atoms with van der Waals surface area (Å²) in [6.45, 7) is 5.84. The van der Waals surface area contributed by atoms with Crippen LogP contribution in [0.15, 0.2) is 55.1 Å². The fraction of sp³-hybridized carbons (Fsp3) is 0.276. The molecular weight excluding hydrogens is 495 g/mol. The molecule has 196 valence electrons. The number of hydrogen-bond donors (Lipinski definition) is 1. The summed E-state index contributed by atoms with van der Waals surface area (Å²) in [5.41, 5.74) is 2.97. The van der Waals surface area contributed by atoms with Crippen LogP contribution in [0, 0.1) is 11.3 Å². The van der Waals surface area contributed by atoms with Gasteiger partial charge in [-0.25, -0.2) is 4.79 Å². The summed E-state index contributed by atoms with van der Waals surface area (Å²) in [6.07, 6.45) is -2.51. The van der Waals surface area contributed by atoms with Crippen LogP contribution in [0.25, 0.3) is 5.57 Å². The fourth-order valence-corrected chi connectivity index (χ4v) is 4.82. The molecule has 0 aliphatic heterocycles. The van der Waals surface area contributed by atoms with Crippen molar-refractivity contribution in [2.45, 2.75) is 44.9 Å². The highest BCUT2D eigenvalue weighted by atomic mass is 19.4. The summed E-state index contributed by atoms with van der Waals surface area (Å²) in [5, 5.41) is 13.0. The van der Waals surface area contributed by atoms with Crippen LogP contribution < -0.4 is 5.32 Å². The lowest BCUT2D eigenvalue weighted by Crippen LogP contribution is -2.30. The lowest BCUT2D eigenvalue weighted by Gasteiger charge is -2.20. The molecule has 1 amide bonds. The number of esters is 1. The number of aromatic nitrogens is 1. The minimum absolute atomic E-state index is 0.00776. The van der Waals surface area contributed by atoms with E-state index in [9.17, 15) is 28.0 Å². The summed E-state index contributed by atoms with van der Waals surface area (Å²) >= 11 is 0. The van der Waals surface area contributed by atoms with E-state index in [0.29, 0.717) is 29.5 Å². The Hall–Kier alpha value is -4.32. The second-order valence-electron chi connectivity index (χ2n) is 9.21. The van der Waals surface area contributed by atoms with Crippen LogP contribution in [-0.4, -0.2) is 23.6 Å². The number of alkyl halides is 3. The zero-order chi connectivity index (χ0) is 27.6. The van der Waals surface area contributed by atoms with E-state index in [4.69, 9.17) is 4.74 Å². The summed E-state index contributed by atoms with van der Waals surface area (Å²) in [7, 11) is 1.29. The molecule has 1 aromatic heterocycles. The number of hydrogen-bond acceptors (Lipinski definition) is 4. The number of nitrogens with zero attached hydrogens (tertiary/aromatic N) is 2. The molecule has 0 saturated carbocycles. The Morgan fingerprint density at radius 3 is 2.53 bits per heavy atom.